The molecule has 0 aromatic heterocycles. The molecule has 0 radical (unpaired) electrons. The highest BCUT2D eigenvalue weighted by molar-refractivity contribution is 6.06. The first-order valence-corrected chi connectivity index (χ1v) is 6.76. The van der Waals surface area contributed by atoms with Crippen LogP contribution in [0, 0.1) is 0 Å². The van der Waals surface area contributed by atoms with Gasteiger partial charge in [0.1, 0.15) is 5.75 Å². The van der Waals surface area contributed by atoms with Crippen molar-refractivity contribution in [2.45, 2.75) is 0 Å². The lowest BCUT2D eigenvalue weighted by molar-refractivity contribution is 0.104. The largest absolute Gasteiger partial charge is 0.497 e. The number of ether oxygens (including phenoxy) is 3. The van der Waals surface area contributed by atoms with Crippen LogP contribution >= 0.6 is 0 Å². The summed E-state index contributed by atoms with van der Waals surface area (Å²) < 4.78 is 15.5. The zero-order valence-electron chi connectivity index (χ0n) is 12.8. The number of ketones is 1. The predicted molar refractivity (Wildman–Crippen MR) is 85.9 cm³/mol. The van der Waals surface area contributed by atoms with Crippen LogP contribution < -0.4 is 14.2 Å². The van der Waals surface area contributed by atoms with Crippen LogP contribution in [0.3, 0.4) is 0 Å². The molecule has 0 saturated heterocycles. The molecule has 2 rings (SSSR count). The Morgan fingerprint density at radius 3 is 2.14 bits per heavy atom. The molecule has 114 valence electrons. The first kappa shape index (κ1) is 15.6. The van der Waals surface area contributed by atoms with Gasteiger partial charge < -0.3 is 14.2 Å². The number of carbonyl (C=O) groups excluding carboxylic acids is 1. The van der Waals surface area contributed by atoms with Crippen LogP contribution in [0.5, 0.6) is 17.2 Å². The summed E-state index contributed by atoms with van der Waals surface area (Å²) in [4.78, 5) is 12.1. The number of methoxy groups -OCH3 is 3. The second kappa shape index (κ2) is 7.31. The highest BCUT2D eigenvalue weighted by Gasteiger charge is 2.04. The summed E-state index contributed by atoms with van der Waals surface area (Å²) in [6, 6.07) is 12.5. The maximum Gasteiger partial charge on any atom is 0.185 e. The molecule has 2 aromatic rings. The molecular formula is C18H18O4. The van der Waals surface area contributed by atoms with Crippen LogP contribution in [0.25, 0.3) is 6.08 Å². The van der Waals surface area contributed by atoms with Gasteiger partial charge >= 0.3 is 0 Å². The van der Waals surface area contributed by atoms with Crippen molar-refractivity contribution in [1.82, 2.24) is 0 Å². The van der Waals surface area contributed by atoms with E-state index in [0.29, 0.717) is 17.1 Å². The highest BCUT2D eigenvalue weighted by atomic mass is 16.5. The van der Waals surface area contributed by atoms with Gasteiger partial charge in [0.05, 0.1) is 21.3 Å². The molecule has 0 heterocycles. The second-order valence-electron chi connectivity index (χ2n) is 4.54. The molecule has 4 nitrogen and oxygen atoms in total. The summed E-state index contributed by atoms with van der Waals surface area (Å²) in [7, 11) is 4.75. The van der Waals surface area contributed by atoms with Crippen molar-refractivity contribution in [2.24, 2.45) is 0 Å². The SMILES string of the molecule is COc1ccc(C(=O)/C=C\c2ccc(OC)c(OC)c2)cc1. The fourth-order valence-corrected chi connectivity index (χ4v) is 1.98. The minimum Gasteiger partial charge on any atom is -0.497 e. The van der Waals surface area contributed by atoms with Gasteiger partial charge in [-0.15, -0.1) is 0 Å². The second-order valence-corrected chi connectivity index (χ2v) is 4.54. The third-order valence-corrected chi connectivity index (χ3v) is 3.21. The lowest BCUT2D eigenvalue weighted by atomic mass is 10.1. The van der Waals surface area contributed by atoms with Gasteiger partial charge in [-0.05, 0) is 48.0 Å². The van der Waals surface area contributed by atoms with E-state index in [1.807, 2.05) is 12.1 Å². The summed E-state index contributed by atoms with van der Waals surface area (Å²) in [6.07, 6.45) is 3.28. The maximum absolute atomic E-state index is 12.1. The molecule has 0 aliphatic carbocycles. The standard InChI is InChI=1S/C18H18O4/c1-20-15-8-6-14(7-9-15)16(19)10-4-13-5-11-17(21-2)18(12-13)22-3/h4-12H,1-3H3/b10-4-. The molecule has 0 unspecified atom stereocenters. The molecule has 0 N–H and O–H groups in total. The van der Waals surface area contributed by atoms with Crippen molar-refractivity contribution in [3.63, 3.8) is 0 Å². The minimum atomic E-state index is -0.0718. The zero-order valence-corrected chi connectivity index (χ0v) is 12.8. The third kappa shape index (κ3) is 3.67. The van der Waals surface area contributed by atoms with E-state index in [2.05, 4.69) is 0 Å². The molecule has 0 atom stereocenters. The Balaban J connectivity index is 2.14. The molecule has 0 aliphatic rings. The maximum atomic E-state index is 12.1. The Hall–Kier alpha value is -2.75. The molecule has 0 amide bonds. The summed E-state index contributed by atoms with van der Waals surface area (Å²) in [5.41, 5.74) is 1.47. The van der Waals surface area contributed by atoms with Crippen molar-refractivity contribution in [1.29, 1.82) is 0 Å². The van der Waals surface area contributed by atoms with Crippen LogP contribution in [-0.4, -0.2) is 27.1 Å². The predicted octanol–water partition coefficient (Wildman–Crippen LogP) is 3.61. The quantitative estimate of drug-likeness (QED) is 0.603. The van der Waals surface area contributed by atoms with Crippen LogP contribution in [0.15, 0.2) is 48.5 Å². The van der Waals surface area contributed by atoms with E-state index in [-0.39, 0.29) is 5.78 Å². The Morgan fingerprint density at radius 2 is 1.55 bits per heavy atom. The third-order valence-electron chi connectivity index (χ3n) is 3.21. The summed E-state index contributed by atoms with van der Waals surface area (Å²) in [5.74, 6) is 1.93. The smallest absolute Gasteiger partial charge is 0.185 e. The zero-order chi connectivity index (χ0) is 15.9. The van der Waals surface area contributed by atoms with Gasteiger partial charge in [0.2, 0.25) is 0 Å². The topological polar surface area (TPSA) is 44.8 Å². The van der Waals surface area contributed by atoms with E-state index in [9.17, 15) is 4.79 Å². The Kier molecular flexibility index (Phi) is 5.20. The minimum absolute atomic E-state index is 0.0718. The first-order valence-electron chi connectivity index (χ1n) is 6.76. The lowest BCUT2D eigenvalue weighted by Crippen LogP contribution is -1.94. The van der Waals surface area contributed by atoms with Crippen LogP contribution in [0.1, 0.15) is 15.9 Å². The van der Waals surface area contributed by atoms with Crippen LogP contribution in [-0.2, 0) is 0 Å². The van der Waals surface area contributed by atoms with Crippen LogP contribution in [0.2, 0.25) is 0 Å². The number of benzene rings is 2. The molecule has 0 saturated carbocycles. The molecule has 22 heavy (non-hydrogen) atoms. The Bertz CT molecular complexity index is 672. The van der Waals surface area contributed by atoms with Gasteiger partial charge in [0, 0.05) is 5.56 Å². The Morgan fingerprint density at radius 1 is 0.864 bits per heavy atom. The normalized spacial score (nSPS) is 10.5. The molecule has 2 aromatic carbocycles. The van der Waals surface area contributed by atoms with E-state index >= 15 is 0 Å². The summed E-state index contributed by atoms with van der Waals surface area (Å²) >= 11 is 0. The number of carbonyl (C=O) groups is 1. The van der Waals surface area contributed by atoms with Crippen molar-refractivity contribution in [2.75, 3.05) is 21.3 Å². The van der Waals surface area contributed by atoms with E-state index < -0.39 is 0 Å². The molecule has 0 aliphatic heterocycles. The van der Waals surface area contributed by atoms with Crippen molar-refractivity contribution in [3.8, 4) is 17.2 Å². The van der Waals surface area contributed by atoms with Gasteiger partial charge in [0.25, 0.3) is 0 Å². The average Bonchev–Trinajstić information content (AvgIpc) is 2.59. The van der Waals surface area contributed by atoms with Crippen molar-refractivity contribution < 1.29 is 19.0 Å². The number of allylic oxidation sites excluding steroid dienone is 1. The molecule has 0 spiro atoms. The fourth-order valence-electron chi connectivity index (χ4n) is 1.98. The summed E-state index contributed by atoms with van der Waals surface area (Å²) in [6.45, 7) is 0. The lowest BCUT2D eigenvalue weighted by Gasteiger charge is -2.07. The van der Waals surface area contributed by atoms with Gasteiger partial charge in [-0.3, -0.25) is 4.79 Å². The van der Waals surface area contributed by atoms with E-state index in [1.165, 1.54) is 6.08 Å². The number of hydrogen-bond acceptors (Lipinski definition) is 4. The summed E-state index contributed by atoms with van der Waals surface area (Å²) in [5, 5.41) is 0. The highest BCUT2D eigenvalue weighted by Crippen LogP contribution is 2.28. The van der Waals surface area contributed by atoms with E-state index in [4.69, 9.17) is 14.2 Å². The fraction of sp³-hybridized carbons (Fsp3) is 0.167. The number of rotatable bonds is 6. The monoisotopic (exact) mass is 298 g/mol. The van der Waals surface area contributed by atoms with Gasteiger partial charge in [-0.25, -0.2) is 0 Å². The molecule has 0 bridgehead atoms. The van der Waals surface area contributed by atoms with E-state index in [1.54, 1.807) is 57.7 Å². The van der Waals surface area contributed by atoms with Crippen molar-refractivity contribution >= 4 is 11.9 Å². The molecular weight excluding hydrogens is 280 g/mol. The van der Waals surface area contributed by atoms with Crippen LogP contribution in [0.4, 0.5) is 0 Å². The van der Waals surface area contributed by atoms with E-state index in [0.717, 1.165) is 11.3 Å². The van der Waals surface area contributed by atoms with Gasteiger partial charge in [0.15, 0.2) is 17.3 Å². The first-order chi connectivity index (χ1) is 10.7. The van der Waals surface area contributed by atoms with Crippen molar-refractivity contribution in [3.05, 3.63) is 59.7 Å². The molecule has 4 heteroatoms. The molecule has 0 fully saturated rings. The number of hydrogen-bond donors (Lipinski definition) is 0. The Labute approximate surface area is 129 Å². The average molecular weight is 298 g/mol. The van der Waals surface area contributed by atoms with Gasteiger partial charge in [-0.1, -0.05) is 12.1 Å². The van der Waals surface area contributed by atoms with Gasteiger partial charge in [-0.2, -0.15) is 0 Å².